The highest BCUT2D eigenvalue weighted by molar-refractivity contribution is 5.71. The van der Waals surface area contributed by atoms with E-state index in [1.54, 1.807) is 0 Å². The fraction of sp³-hybridized carbons (Fsp3) is 0.562. The van der Waals surface area contributed by atoms with Crippen LogP contribution in [0, 0.1) is 5.92 Å². The predicted octanol–water partition coefficient (Wildman–Crippen LogP) is 3.10. The molecule has 0 bridgehead atoms. The molecule has 1 rings (SSSR count). The van der Waals surface area contributed by atoms with Gasteiger partial charge < -0.3 is 4.74 Å². The van der Waals surface area contributed by atoms with Crippen LogP contribution in [-0.2, 0) is 16.1 Å². The molecule has 0 aliphatic heterocycles. The molecule has 3 heteroatoms. The maximum Gasteiger partial charge on any atom is 0.320 e. The number of hydrogen-bond acceptors (Lipinski definition) is 3. The van der Waals surface area contributed by atoms with Crippen molar-refractivity contribution in [2.24, 2.45) is 5.92 Å². The van der Waals surface area contributed by atoms with Gasteiger partial charge in [-0.3, -0.25) is 9.69 Å². The maximum absolute atomic E-state index is 11.6. The average Bonchev–Trinajstić information content (AvgIpc) is 2.39. The molecule has 1 atom stereocenters. The van der Waals surface area contributed by atoms with Crippen molar-refractivity contribution in [2.45, 2.75) is 33.7 Å². The molecule has 19 heavy (non-hydrogen) atoms. The summed E-state index contributed by atoms with van der Waals surface area (Å²) in [5.41, 5.74) is 1.23. The smallest absolute Gasteiger partial charge is 0.320 e. The van der Waals surface area contributed by atoms with Gasteiger partial charge in [0.1, 0.15) is 0 Å². The van der Waals surface area contributed by atoms with Crippen molar-refractivity contribution in [1.82, 2.24) is 4.90 Å². The molecule has 0 aromatic heterocycles. The molecule has 0 heterocycles. The van der Waals surface area contributed by atoms with E-state index in [0.717, 1.165) is 19.5 Å². The lowest BCUT2D eigenvalue weighted by Crippen LogP contribution is -2.34. The first-order valence-electron chi connectivity index (χ1n) is 7.07. The van der Waals surface area contributed by atoms with Gasteiger partial charge in [-0.05, 0) is 18.4 Å². The summed E-state index contributed by atoms with van der Waals surface area (Å²) in [6.45, 7) is 8.76. The Kier molecular flexibility index (Phi) is 7.19. The molecule has 0 amide bonds. The van der Waals surface area contributed by atoms with Crippen LogP contribution in [0.4, 0.5) is 0 Å². The molecule has 0 saturated heterocycles. The Hall–Kier alpha value is -1.35. The van der Waals surface area contributed by atoms with Crippen molar-refractivity contribution in [2.75, 3.05) is 19.7 Å². The minimum Gasteiger partial charge on any atom is -0.465 e. The second kappa shape index (κ2) is 8.70. The largest absolute Gasteiger partial charge is 0.465 e. The molecule has 1 unspecified atom stereocenters. The zero-order valence-electron chi connectivity index (χ0n) is 12.3. The summed E-state index contributed by atoms with van der Waals surface area (Å²) in [6.07, 6.45) is 1.12. The summed E-state index contributed by atoms with van der Waals surface area (Å²) in [4.78, 5) is 13.8. The Morgan fingerprint density at radius 1 is 1.26 bits per heavy atom. The third-order valence-electron chi connectivity index (χ3n) is 3.17. The van der Waals surface area contributed by atoms with E-state index < -0.39 is 0 Å². The third-order valence-corrected chi connectivity index (χ3v) is 3.17. The normalized spacial score (nSPS) is 12.4. The molecule has 0 spiro atoms. The lowest BCUT2D eigenvalue weighted by atomic mass is 10.1. The standard InChI is InChI=1S/C16H25NO2/c1-4-14(3)11-17(13-16(18)19-5-2)12-15-9-7-6-8-10-15/h6-10,14H,4-5,11-13H2,1-3H3. The third kappa shape index (κ3) is 6.39. The van der Waals surface area contributed by atoms with Crippen molar-refractivity contribution in [1.29, 1.82) is 0 Å². The van der Waals surface area contributed by atoms with E-state index in [4.69, 9.17) is 4.74 Å². The van der Waals surface area contributed by atoms with E-state index >= 15 is 0 Å². The summed E-state index contributed by atoms with van der Waals surface area (Å²) in [6, 6.07) is 10.2. The fourth-order valence-electron chi connectivity index (χ4n) is 1.99. The van der Waals surface area contributed by atoms with Gasteiger partial charge in [-0.2, -0.15) is 0 Å². The van der Waals surface area contributed by atoms with E-state index in [-0.39, 0.29) is 5.97 Å². The lowest BCUT2D eigenvalue weighted by Gasteiger charge is -2.24. The van der Waals surface area contributed by atoms with Crippen molar-refractivity contribution in [3.8, 4) is 0 Å². The molecule has 0 aliphatic carbocycles. The van der Waals surface area contributed by atoms with Crippen LogP contribution in [0.15, 0.2) is 30.3 Å². The highest BCUT2D eigenvalue weighted by atomic mass is 16.5. The van der Waals surface area contributed by atoms with E-state index in [1.165, 1.54) is 5.56 Å². The van der Waals surface area contributed by atoms with Gasteiger partial charge in [-0.1, -0.05) is 50.6 Å². The molecular weight excluding hydrogens is 238 g/mol. The average molecular weight is 263 g/mol. The highest BCUT2D eigenvalue weighted by Gasteiger charge is 2.14. The predicted molar refractivity (Wildman–Crippen MR) is 77.8 cm³/mol. The summed E-state index contributed by atoms with van der Waals surface area (Å²) < 4.78 is 5.04. The number of benzene rings is 1. The van der Waals surface area contributed by atoms with Gasteiger partial charge in [0.15, 0.2) is 0 Å². The Bertz CT molecular complexity index is 364. The molecule has 0 fully saturated rings. The second-order valence-corrected chi connectivity index (χ2v) is 4.97. The topological polar surface area (TPSA) is 29.5 Å². The van der Waals surface area contributed by atoms with Crippen LogP contribution in [0.2, 0.25) is 0 Å². The van der Waals surface area contributed by atoms with E-state index in [2.05, 4.69) is 30.9 Å². The van der Waals surface area contributed by atoms with E-state index in [0.29, 0.717) is 19.1 Å². The van der Waals surface area contributed by atoms with Gasteiger partial charge in [-0.15, -0.1) is 0 Å². The minimum atomic E-state index is -0.137. The zero-order chi connectivity index (χ0) is 14.1. The van der Waals surface area contributed by atoms with Crippen molar-refractivity contribution in [3.63, 3.8) is 0 Å². The van der Waals surface area contributed by atoms with Crippen LogP contribution < -0.4 is 0 Å². The number of hydrogen-bond donors (Lipinski definition) is 0. The lowest BCUT2D eigenvalue weighted by molar-refractivity contribution is -0.144. The number of nitrogens with zero attached hydrogens (tertiary/aromatic N) is 1. The molecule has 1 aromatic rings. The molecular formula is C16H25NO2. The van der Waals surface area contributed by atoms with Crippen molar-refractivity contribution in [3.05, 3.63) is 35.9 Å². The molecule has 0 saturated carbocycles. The summed E-state index contributed by atoms with van der Waals surface area (Å²) in [7, 11) is 0. The molecule has 1 aromatic carbocycles. The van der Waals surface area contributed by atoms with Gasteiger partial charge in [0.25, 0.3) is 0 Å². The van der Waals surface area contributed by atoms with Crippen LogP contribution in [0.3, 0.4) is 0 Å². The first kappa shape index (κ1) is 15.7. The Labute approximate surface area is 116 Å². The van der Waals surface area contributed by atoms with Crippen LogP contribution >= 0.6 is 0 Å². The first-order chi connectivity index (χ1) is 9.15. The number of carbonyl (C=O) groups excluding carboxylic acids is 1. The van der Waals surface area contributed by atoms with Gasteiger partial charge in [0, 0.05) is 13.1 Å². The quantitative estimate of drug-likeness (QED) is 0.675. The van der Waals surface area contributed by atoms with Gasteiger partial charge in [0.2, 0.25) is 0 Å². The molecule has 0 aliphatic rings. The minimum absolute atomic E-state index is 0.137. The Morgan fingerprint density at radius 3 is 2.53 bits per heavy atom. The summed E-state index contributed by atoms with van der Waals surface area (Å²) in [5.74, 6) is 0.444. The number of carbonyl (C=O) groups is 1. The van der Waals surface area contributed by atoms with Crippen LogP contribution in [0.1, 0.15) is 32.8 Å². The van der Waals surface area contributed by atoms with Gasteiger partial charge in [0.05, 0.1) is 13.2 Å². The number of ether oxygens (including phenoxy) is 1. The van der Waals surface area contributed by atoms with Crippen LogP contribution in [0.5, 0.6) is 0 Å². The fourth-order valence-corrected chi connectivity index (χ4v) is 1.99. The number of esters is 1. The van der Waals surface area contributed by atoms with E-state index in [9.17, 15) is 4.79 Å². The van der Waals surface area contributed by atoms with Crippen molar-refractivity contribution >= 4 is 5.97 Å². The van der Waals surface area contributed by atoms with Crippen LogP contribution in [-0.4, -0.2) is 30.6 Å². The number of rotatable bonds is 8. The molecule has 0 radical (unpaired) electrons. The molecule has 3 nitrogen and oxygen atoms in total. The summed E-state index contributed by atoms with van der Waals surface area (Å²) in [5, 5.41) is 0. The monoisotopic (exact) mass is 263 g/mol. The SMILES string of the molecule is CCOC(=O)CN(Cc1ccccc1)CC(C)CC. The molecule has 106 valence electrons. The summed E-state index contributed by atoms with van der Waals surface area (Å²) >= 11 is 0. The Morgan fingerprint density at radius 2 is 1.95 bits per heavy atom. The van der Waals surface area contributed by atoms with Gasteiger partial charge in [-0.25, -0.2) is 0 Å². The van der Waals surface area contributed by atoms with E-state index in [1.807, 2.05) is 25.1 Å². The van der Waals surface area contributed by atoms with Crippen molar-refractivity contribution < 1.29 is 9.53 Å². The second-order valence-electron chi connectivity index (χ2n) is 4.97. The molecule has 0 N–H and O–H groups in total. The Balaban J connectivity index is 2.60. The van der Waals surface area contributed by atoms with Gasteiger partial charge >= 0.3 is 5.97 Å². The zero-order valence-corrected chi connectivity index (χ0v) is 12.3. The first-order valence-corrected chi connectivity index (χ1v) is 7.07. The van der Waals surface area contributed by atoms with Crippen LogP contribution in [0.25, 0.3) is 0 Å². The highest BCUT2D eigenvalue weighted by Crippen LogP contribution is 2.09. The maximum atomic E-state index is 11.6.